The van der Waals surface area contributed by atoms with Crippen molar-refractivity contribution in [2.45, 2.75) is 40.2 Å². The highest BCUT2D eigenvalue weighted by Crippen LogP contribution is 2.21. The van der Waals surface area contributed by atoms with E-state index >= 15 is 0 Å². The van der Waals surface area contributed by atoms with E-state index in [9.17, 15) is 0 Å². The zero-order valence-electron chi connectivity index (χ0n) is 16.0. The lowest BCUT2D eigenvalue weighted by Gasteiger charge is -2.28. The Morgan fingerprint density at radius 2 is 1.88 bits per heavy atom. The summed E-state index contributed by atoms with van der Waals surface area (Å²) in [6, 6.07) is 8.09. The Balaban J connectivity index is 2.61. The third kappa shape index (κ3) is 6.79. The van der Waals surface area contributed by atoms with E-state index in [-0.39, 0.29) is 11.5 Å². The molecule has 1 aromatic carbocycles. The van der Waals surface area contributed by atoms with Crippen LogP contribution in [-0.2, 0) is 11.2 Å². The lowest BCUT2D eigenvalue weighted by atomic mass is 9.89. The average molecular weight is 335 g/mol. The highest BCUT2D eigenvalue weighted by Gasteiger charge is 2.24. The molecule has 0 amide bonds. The zero-order valence-corrected chi connectivity index (χ0v) is 16.0. The van der Waals surface area contributed by atoms with E-state index in [2.05, 4.69) is 49.4 Å². The Morgan fingerprint density at radius 3 is 2.46 bits per heavy atom. The summed E-state index contributed by atoms with van der Waals surface area (Å²) in [5.74, 6) is 1.74. The lowest BCUT2D eigenvalue weighted by Crippen LogP contribution is -2.40. The van der Waals surface area contributed by atoms with Crippen LogP contribution in [0.1, 0.15) is 33.3 Å². The van der Waals surface area contributed by atoms with E-state index in [1.54, 1.807) is 14.2 Å². The molecule has 1 rings (SSSR count). The molecule has 5 heteroatoms. The molecule has 0 saturated carbocycles. The summed E-state index contributed by atoms with van der Waals surface area (Å²) in [6.07, 6.45) is 0.962. The van der Waals surface area contributed by atoms with Crippen LogP contribution in [0.4, 0.5) is 0 Å². The van der Waals surface area contributed by atoms with Crippen molar-refractivity contribution >= 4 is 5.96 Å². The third-order valence-corrected chi connectivity index (χ3v) is 3.89. The molecule has 0 aliphatic carbocycles. The summed E-state index contributed by atoms with van der Waals surface area (Å²) in [7, 11) is 3.45. The molecule has 1 unspecified atom stereocenters. The maximum absolute atomic E-state index is 5.57. The van der Waals surface area contributed by atoms with Crippen molar-refractivity contribution in [3.05, 3.63) is 29.8 Å². The summed E-state index contributed by atoms with van der Waals surface area (Å²) in [5.41, 5.74) is 1.25. The van der Waals surface area contributed by atoms with Crippen molar-refractivity contribution < 1.29 is 9.47 Å². The minimum atomic E-state index is 0.0625. The molecule has 5 nitrogen and oxygen atoms in total. The van der Waals surface area contributed by atoms with E-state index in [4.69, 9.17) is 9.47 Å². The highest BCUT2D eigenvalue weighted by atomic mass is 16.5. The van der Waals surface area contributed by atoms with Crippen LogP contribution in [-0.4, -0.2) is 45.9 Å². The molecule has 0 spiro atoms. The van der Waals surface area contributed by atoms with E-state index < -0.39 is 0 Å². The monoisotopic (exact) mass is 335 g/mol. The molecule has 2 N–H and O–H groups in total. The topological polar surface area (TPSA) is 54.9 Å². The first-order valence-corrected chi connectivity index (χ1v) is 8.59. The number of nitrogens with zero attached hydrogens (tertiary/aromatic N) is 1. The van der Waals surface area contributed by atoms with Gasteiger partial charge < -0.3 is 20.1 Å². The molecule has 24 heavy (non-hydrogen) atoms. The molecule has 136 valence electrons. The van der Waals surface area contributed by atoms with E-state index in [0.29, 0.717) is 6.54 Å². The largest absolute Gasteiger partial charge is 0.496 e. The standard InChI is InChI=1S/C19H33N3O2/c1-7-20-18(22-14-17(24-6)19(2,3)4)21-13-12-15-10-8-9-11-16(15)23-5/h8-11,17H,7,12-14H2,1-6H3,(H2,20,21,22). The van der Waals surface area contributed by atoms with Crippen LogP contribution in [0.5, 0.6) is 5.75 Å². The summed E-state index contributed by atoms with van der Waals surface area (Å²) < 4.78 is 11.0. The fraction of sp³-hybridized carbons (Fsp3) is 0.632. The number of para-hydroxylation sites is 1. The average Bonchev–Trinajstić information content (AvgIpc) is 2.54. The van der Waals surface area contributed by atoms with Gasteiger partial charge in [-0.3, -0.25) is 4.99 Å². The zero-order chi connectivity index (χ0) is 18.0. The Morgan fingerprint density at radius 1 is 1.17 bits per heavy atom. The number of aliphatic imine (C=N–C) groups is 1. The number of ether oxygens (including phenoxy) is 2. The predicted molar refractivity (Wildman–Crippen MR) is 101 cm³/mol. The van der Waals surface area contributed by atoms with Crippen LogP contribution in [0.15, 0.2) is 29.3 Å². The van der Waals surface area contributed by atoms with E-state index in [1.807, 2.05) is 18.2 Å². The van der Waals surface area contributed by atoms with Gasteiger partial charge in [-0.25, -0.2) is 0 Å². The van der Waals surface area contributed by atoms with Crippen LogP contribution < -0.4 is 15.4 Å². The summed E-state index contributed by atoms with van der Waals surface area (Å²) >= 11 is 0. The maximum atomic E-state index is 5.57. The van der Waals surface area contributed by atoms with Crippen LogP contribution in [0, 0.1) is 5.41 Å². The van der Waals surface area contributed by atoms with Crippen molar-refractivity contribution in [2.75, 3.05) is 33.9 Å². The molecular formula is C19H33N3O2. The number of hydrogen-bond acceptors (Lipinski definition) is 3. The number of hydrogen-bond donors (Lipinski definition) is 2. The van der Waals surface area contributed by atoms with Gasteiger partial charge in [0, 0.05) is 20.2 Å². The van der Waals surface area contributed by atoms with E-state index in [0.717, 1.165) is 31.2 Å². The second kappa shape index (κ2) is 10.2. The minimum absolute atomic E-state index is 0.0625. The van der Waals surface area contributed by atoms with Crippen molar-refractivity contribution in [1.82, 2.24) is 10.6 Å². The molecule has 0 aliphatic heterocycles. The number of methoxy groups -OCH3 is 2. The normalized spacial score (nSPS) is 13.5. The summed E-state index contributed by atoms with van der Waals surface area (Å²) in [6.45, 7) is 10.8. The molecular weight excluding hydrogens is 302 g/mol. The molecule has 0 saturated heterocycles. The lowest BCUT2D eigenvalue weighted by molar-refractivity contribution is 0.0241. The highest BCUT2D eigenvalue weighted by molar-refractivity contribution is 5.79. The molecule has 1 aromatic rings. The third-order valence-electron chi connectivity index (χ3n) is 3.89. The van der Waals surface area contributed by atoms with Crippen LogP contribution >= 0.6 is 0 Å². The summed E-state index contributed by atoms with van der Waals surface area (Å²) in [4.78, 5) is 4.66. The maximum Gasteiger partial charge on any atom is 0.191 e. The Labute approximate surface area is 146 Å². The van der Waals surface area contributed by atoms with Gasteiger partial charge >= 0.3 is 0 Å². The second-order valence-electron chi connectivity index (χ2n) is 6.80. The molecule has 0 heterocycles. The van der Waals surface area contributed by atoms with Gasteiger partial charge in [0.2, 0.25) is 0 Å². The SMILES string of the molecule is CCNC(=NCC(OC)C(C)(C)C)NCCc1ccccc1OC. The second-order valence-corrected chi connectivity index (χ2v) is 6.80. The van der Waals surface area contributed by atoms with Crippen molar-refractivity contribution in [1.29, 1.82) is 0 Å². The molecule has 0 aliphatic rings. The molecule has 0 aromatic heterocycles. The molecule has 0 radical (unpaired) electrons. The van der Waals surface area contributed by atoms with Gasteiger partial charge in [-0.1, -0.05) is 39.0 Å². The van der Waals surface area contributed by atoms with Crippen molar-refractivity contribution in [3.8, 4) is 5.75 Å². The van der Waals surface area contributed by atoms with Crippen molar-refractivity contribution in [2.24, 2.45) is 10.4 Å². The predicted octanol–water partition coefficient (Wildman–Crippen LogP) is 2.85. The Kier molecular flexibility index (Phi) is 8.61. The Hall–Kier alpha value is -1.75. The number of guanidine groups is 1. The van der Waals surface area contributed by atoms with Crippen LogP contribution in [0.25, 0.3) is 0 Å². The quantitative estimate of drug-likeness (QED) is 0.567. The molecule has 0 bridgehead atoms. The van der Waals surface area contributed by atoms with Gasteiger partial charge in [0.15, 0.2) is 5.96 Å². The number of rotatable bonds is 8. The van der Waals surface area contributed by atoms with Gasteiger partial charge in [-0.2, -0.15) is 0 Å². The van der Waals surface area contributed by atoms with E-state index in [1.165, 1.54) is 5.56 Å². The molecule has 0 fully saturated rings. The molecule has 1 atom stereocenters. The fourth-order valence-corrected chi connectivity index (χ4v) is 2.44. The summed E-state index contributed by atoms with van der Waals surface area (Å²) in [5, 5.41) is 6.66. The van der Waals surface area contributed by atoms with Gasteiger partial charge in [-0.05, 0) is 30.4 Å². The first kappa shape index (κ1) is 20.3. The number of nitrogens with one attached hydrogen (secondary N) is 2. The first-order valence-electron chi connectivity index (χ1n) is 8.59. The number of benzene rings is 1. The van der Waals surface area contributed by atoms with Gasteiger partial charge in [0.05, 0.1) is 19.8 Å². The van der Waals surface area contributed by atoms with Crippen LogP contribution in [0.2, 0.25) is 0 Å². The minimum Gasteiger partial charge on any atom is -0.496 e. The first-order chi connectivity index (χ1) is 11.4. The van der Waals surface area contributed by atoms with Gasteiger partial charge in [0.1, 0.15) is 5.75 Å². The Bertz CT molecular complexity index is 510. The van der Waals surface area contributed by atoms with Crippen LogP contribution in [0.3, 0.4) is 0 Å². The fourth-order valence-electron chi connectivity index (χ4n) is 2.44. The smallest absolute Gasteiger partial charge is 0.191 e. The van der Waals surface area contributed by atoms with Crippen molar-refractivity contribution in [3.63, 3.8) is 0 Å². The van der Waals surface area contributed by atoms with Gasteiger partial charge in [0.25, 0.3) is 0 Å². The van der Waals surface area contributed by atoms with Gasteiger partial charge in [-0.15, -0.1) is 0 Å².